The number of phenols is 1. The van der Waals surface area contributed by atoms with Gasteiger partial charge in [0.15, 0.2) is 0 Å². The van der Waals surface area contributed by atoms with Crippen LogP contribution >= 0.6 is 23.1 Å². The highest BCUT2D eigenvalue weighted by Gasteiger charge is 2.00. The highest BCUT2D eigenvalue weighted by molar-refractivity contribution is 7.03. The third-order valence-electron chi connectivity index (χ3n) is 1.83. The summed E-state index contributed by atoms with van der Waals surface area (Å²) in [5, 5.41) is 18.4. The molecule has 0 saturated carbocycles. The molecule has 2 N–H and O–H groups in total. The number of phenolic OH excluding ortho intramolecular Hbond substituents is 1. The Morgan fingerprint density at radius 1 is 1.47 bits per heavy atom. The highest BCUT2D eigenvalue weighted by atomic mass is 35.5. The first-order valence-electron chi connectivity index (χ1n) is 4.24. The van der Waals surface area contributed by atoms with Gasteiger partial charge in [0, 0.05) is 11.1 Å². The lowest BCUT2D eigenvalue weighted by Crippen LogP contribution is -1.99. The Balaban J connectivity index is 2.02. The van der Waals surface area contributed by atoms with Crippen molar-refractivity contribution in [3.8, 4) is 5.75 Å². The monoisotopic (exact) mass is 241 g/mol. The third kappa shape index (κ3) is 2.57. The number of aromatic hydroxyl groups is 1. The summed E-state index contributed by atoms with van der Waals surface area (Å²) < 4.78 is 3.75. The van der Waals surface area contributed by atoms with Crippen molar-refractivity contribution >= 4 is 28.8 Å². The molecule has 0 aliphatic rings. The summed E-state index contributed by atoms with van der Waals surface area (Å²) >= 11 is 7.07. The molecular formula is C9H8ClN3OS. The van der Waals surface area contributed by atoms with Crippen LogP contribution in [0.3, 0.4) is 0 Å². The molecular weight excluding hydrogens is 234 g/mol. The van der Waals surface area contributed by atoms with Gasteiger partial charge in [-0.15, -0.1) is 5.10 Å². The second-order valence-electron chi connectivity index (χ2n) is 2.92. The molecule has 6 heteroatoms. The Morgan fingerprint density at radius 3 is 3.00 bits per heavy atom. The van der Waals surface area contributed by atoms with Crippen LogP contribution in [0.5, 0.6) is 5.75 Å². The smallest absolute Gasteiger partial charge is 0.134 e. The van der Waals surface area contributed by atoms with E-state index in [1.165, 1.54) is 11.5 Å². The predicted molar refractivity (Wildman–Crippen MR) is 60.4 cm³/mol. The molecule has 0 bridgehead atoms. The van der Waals surface area contributed by atoms with Crippen LogP contribution in [0.25, 0.3) is 0 Å². The number of nitrogens with zero attached hydrogens (tertiary/aromatic N) is 2. The Hall–Kier alpha value is -1.33. The molecule has 2 aromatic rings. The van der Waals surface area contributed by atoms with E-state index in [2.05, 4.69) is 14.9 Å². The van der Waals surface area contributed by atoms with E-state index in [-0.39, 0.29) is 5.75 Å². The molecule has 0 aliphatic heterocycles. The summed E-state index contributed by atoms with van der Waals surface area (Å²) in [4.78, 5) is 0. The van der Waals surface area contributed by atoms with Crippen molar-refractivity contribution in [1.29, 1.82) is 0 Å². The summed E-state index contributed by atoms with van der Waals surface area (Å²) in [5.74, 6) is 0.0811. The van der Waals surface area contributed by atoms with Gasteiger partial charge in [0.1, 0.15) is 5.75 Å². The van der Waals surface area contributed by atoms with Gasteiger partial charge in [-0.2, -0.15) is 0 Å². The molecule has 0 saturated heterocycles. The van der Waals surface area contributed by atoms with Crippen molar-refractivity contribution in [1.82, 2.24) is 9.59 Å². The maximum absolute atomic E-state index is 9.22. The van der Waals surface area contributed by atoms with Gasteiger partial charge in [0.2, 0.25) is 0 Å². The standard InChI is InChI=1S/C9H8ClN3OS/c10-8-3-6(1-2-9(8)14)11-4-7-5-15-13-12-7/h1-3,5,11,14H,4H2. The van der Waals surface area contributed by atoms with Crippen molar-refractivity contribution in [3.05, 3.63) is 34.3 Å². The van der Waals surface area contributed by atoms with Gasteiger partial charge >= 0.3 is 0 Å². The first-order valence-corrected chi connectivity index (χ1v) is 5.45. The first kappa shape index (κ1) is 10.2. The van der Waals surface area contributed by atoms with Gasteiger partial charge in [-0.05, 0) is 29.7 Å². The van der Waals surface area contributed by atoms with E-state index in [0.717, 1.165) is 11.4 Å². The summed E-state index contributed by atoms with van der Waals surface area (Å²) in [6.07, 6.45) is 0. The Labute approximate surface area is 95.7 Å². The molecule has 0 aliphatic carbocycles. The minimum atomic E-state index is 0.0811. The normalized spacial score (nSPS) is 10.2. The molecule has 0 radical (unpaired) electrons. The average Bonchev–Trinajstić information content (AvgIpc) is 2.73. The maximum atomic E-state index is 9.22. The van der Waals surface area contributed by atoms with Gasteiger partial charge in [-0.25, -0.2) is 0 Å². The molecule has 1 aromatic heterocycles. The van der Waals surface area contributed by atoms with Crippen LogP contribution in [-0.4, -0.2) is 14.7 Å². The maximum Gasteiger partial charge on any atom is 0.134 e. The van der Waals surface area contributed by atoms with Crippen LogP contribution in [0.2, 0.25) is 5.02 Å². The number of benzene rings is 1. The molecule has 0 unspecified atom stereocenters. The molecule has 1 aromatic carbocycles. The molecule has 78 valence electrons. The summed E-state index contributed by atoms with van der Waals surface area (Å²) in [6.45, 7) is 0.595. The molecule has 15 heavy (non-hydrogen) atoms. The lowest BCUT2D eigenvalue weighted by atomic mass is 10.3. The van der Waals surface area contributed by atoms with Crippen LogP contribution in [0, 0.1) is 0 Å². The number of aromatic nitrogens is 2. The van der Waals surface area contributed by atoms with Crippen molar-refractivity contribution < 1.29 is 5.11 Å². The van der Waals surface area contributed by atoms with Crippen LogP contribution in [0.4, 0.5) is 5.69 Å². The minimum Gasteiger partial charge on any atom is -0.506 e. The number of rotatable bonds is 3. The van der Waals surface area contributed by atoms with Gasteiger partial charge in [-0.3, -0.25) is 0 Å². The van der Waals surface area contributed by atoms with Gasteiger partial charge < -0.3 is 10.4 Å². The van der Waals surface area contributed by atoms with E-state index in [1.807, 2.05) is 5.38 Å². The van der Waals surface area contributed by atoms with E-state index < -0.39 is 0 Å². The predicted octanol–water partition coefficient (Wildman–Crippen LogP) is 2.51. The second kappa shape index (κ2) is 4.46. The van der Waals surface area contributed by atoms with Gasteiger partial charge in [0.25, 0.3) is 0 Å². The van der Waals surface area contributed by atoms with Crippen LogP contribution in [-0.2, 0) is 6.54 Å². The Kier molecular flexibility index (Phi) is 3.03. The zero-order chi connectivity index (χ0) is 10.7. The molecule has 0 amide bonds. The minimum absolute atomic E-state index is 0.0811. The lowest BCUT2D eigenvalue weighted by Gasteiger charge is -2.05. The lowest BCUT2D eigenvalue weighted by molar-refractivity contribution is 0.475. The van der Waals surface area contributed by atoms with E-state index in [4.69, 9.17) is 11.6 Å². The van der Waals surface area contributed by atoms with E-state index >= 15 is 0 Å². The van der Waals surface area contributed by atoms with E-state index in [1.54, 1.807) is 18.2 Å². The largest absolute Gasteiger partial charge is 0.506 e. The van der Waals surface area contributed by atoms with Crippen molar-refractivity contribution in [3.63, 3.8) is 0 Å². The fraction of sp³-hybridized carbons (Fsp3) is 0.111. The van der Waals surface area contributed by atoms with Gasteiger partial charge in [0.05, 0.1) is 17.3 Å². The second-order valence-corrected chi connectivity index (χ2v) is 3.93. The Morgan fingerprint density at radius 2 is 2.33 bits per heavy atom. The number of hydrogen-bond acceptors (Lipinski definition) is 5. The third-order valence-corrected chi connectivity index (χ3v) is 2.68. The topological polar surface area (TPSA) is 58.0 Å². The van der Waals surface area contributed by atoms with Crippen LogP contribution in [0.15, 0.2) is 23.6 Å². The molecule has 0 atom stereocenters. The molecule has 0 fully saturated rings. The van der Waals surface area contributed by atoms with Crippen molar-refractivity contribution in [2.45, 2.75) is 6.54 Å². The molecule has 2 rings (SSSR count). The van der Waals surface area contributed by atoms with Crippen LogP contribution < -0.4 is 5.32 Å². The molecule has 4 nitrogen and oxygen atoms in total. The van der Waals surface area contributed by atoms with Crippen LogP contribution in [0.1, 0.15) is 5.69 Å². The van der Waals surface area contributed by atoms with E-state index in [0.29, 0.717) is 11.6 Å². The molecule has 1 heterocycles. The van der Waals surface area contributed by atoms with E-state index in [9.17, 15) is 5.11 Å². The number of nitrogens with one attached hydrogen (secondary N) is 1. The zero-order valence-electron chi connectivity index (χ0n) is 7.64. The average molecular weight is 242 g/mol. The molecule has 0 spiro atoms. The van der Waals surface area contributed by atoms with Gasteiger partial charge in [-0.1, -0.05) is 16.1 Å². The summed E-state index contributed by atoms with van der Waals surface area (Å²) in [7, 11) is 0. The summed E-state index contributed by atoms with van der Waals surface area (Å²) in [6, 6.07) is 4.96. The zero-order valence-corrected chi connectivity index (χ0v) is 9.22. The quantitative estimate of drug-likeness (QED) is 0.811. The van der Waals surface area contributed by atoms with Crippen molar-refractivity contribution in [2.24, 2.45) is 0 Å². The summed E-state index contributed by atoms with van der Waals surface area (Å²) in [5.41, 5.74) is 1.72. The number of anilines is 1. The van der Waals surface area contributed by atoms with Crippen molar-refractivity contribution in [2.75, 3.05) is 5.32 Å². The first-order chi connectivity index (χ1) is 7.25. The SMILES string of the molecule is Oc1ccc(NCc2csnn2)cc1Cl. The number of hydrogen-bond donors (Lipinski definition) is 2. The number of halogens is 1. The Bertz CT molecular complexity index is 447. The fourth-order valence-corrected chi connectivity index (χ4v) is 1.70. The highest BCUT2D eigenvalue weighted by Crippen LogP contribution is 2.26. The fourth-order valence-electron chi connectivity index (χ4n) is 1.07.